The Labute approximate surface area is 149 Å². The molecule has 1 unspecified atom stereocenters. The molecule has 2 N–H and O–H groups in total. The van der Waals surface area contributed by atoms with Gasteiger partial charge in [0.1, 0.15) is 5.60 Å². The van der Waals surface area contributed by atoms with Crippen LogP contribution in [0.3, 0.4) is 0 Å². The number of carbonyl (C=O) groups excluding carboxylic acids is 1. The molecule has 0 saturated carbocycles. The van der Waals surface area contributed by atoms with Gasteiger partial charge in [-0.05, 0) is 31.5 Å². The third-order valence-corrected chi connectivity index (χ3v) is 5.47. The molecule has 1 atom stereocenters. The Bertz CT molecular complexity index is 552. The third-order valence-electron chi connectivity index (χ3n) is 5.47. The predicted octanol–water partition coefficient (Wildman–Crippen LogP) is 0.633. The summed E-state index contributed by atoms with van der Waals surface area (Å²) in [6.07, 6.45) is 0.975. The highest BCUT2D eigenvalue weighted by Crippen LogP contribution is 2.26. The van der Waals surface area contributed by atoms with Crippen LogP contribution in [0.2, 0.25) is 0 Å². The molecular formula is C19H29N3O3. The number of hydrogen-bond donors (Lipinski definition) is 2. The van der Waals surface area contributed by atoms with E-state index >= 15 is 0 Å². The number of nitrogens with zero attached hydrogens (tertiary/aromatic N) is 2. The summed E-state index contributed by atoms with van der Waals surface area (Å²) >= 11 is 0. The van der Waals surface area contributed by atoms with Gasteiger partial charge in [-0.15, -0.1) is 0 Å². The first kappa shape index (κ1) is 18.3. The second-order valence-corrected chi connectivity index (χ2v) is 6.97. The fourth-order valence-electron chi connectivity index (χ4n) is 3.78. The number of benzene rings is 1. The molecule has 2 saturated heterocycles. The van der Waals surface area contributed by atoms with Crippen molar-refractivity contribution in [3.8, 4) is 0 Å². The Hall–Kier alpha value is -1.47. The standard InChI is InChI=1S/C19H29N3O3/c1-25-19(7-9-20-10-8-19)18(24)22-13-11-21(12-14-22)15-17(23)16-5-3-2-4-6-16/h2-6,17,20,23H,7-15H2,1H3. The van der Waals surface area contributed by atoms with Crippen LogP contribution in [0.5, 0.6) is 0 Å². The molecule has 1 aromatic rings. The second-order valence-electron chi connectivity index (χ2n) is 6.97. The average molecular weight is 347 g/mol. The molecule has 0 spiro atoms. The molecule has 0 bridgehead atoms. The van der Waals surface area contributed by atoms with Gasteiger partial charge in [-0.3, -0.25) is 9.69 Å². The molecule has 2 fully saturated rings. The highest BCUT2D eigenvalue weighted by Gasteiger charge is 2.43. The minimum absolute atomic E-state index is 0.125. The monoisotopic (exact) mass is 347 g/mol. The van der Waals surface area contributed by atoms with Crippen molar-refractivity contribution in [1.29, 1.82) is 0 Å². The topological polar surface area (TPSA) is 65.0 Å². The summed E-state index contributed by atoms with van der Waals surface area (Å²) in [7, 11) is 1.65. The van der Waals surface area contributed by atoms with Crippen LogP contribution in [-0.2, 0) is 9.53 Å². The van der Waals surface area contributed by atoms with Gasteiger partial charge in [-0.25, -0.2) is 0 Å². The minimum atomic E-state index is -0.656. The highest BCUT2D eigenvalue weighted by molar-refractivity contribution is 5.85. The van der Waals surface area contributed by atoms with E-state index in [1.807, 2.05) is 35.2 Å². The first-order valence-electron chi connectivity index (χ1n) is 9.15. The molecule has 2 aliphatic heterocycles. The van der Waals surface area contributed by atoms with E-state index in [0.29, 0.717) is 19.6 Å². The number of amides is 1. The van der Waals surface area contributed by atoms with Crippen LogP contribution in [0.4, 0.5) is 0 Å². The molecule has 6 heteroatoms. The Balaban J connectivity index is 1.52. The van der Waals surface area contributed by atoms with E-state index in [0.717, 1.165) is 44.6 Å². The number of rotatable bonds is 5. The molecule has 25 heavy (non-hydrogen) atoms. The van der Waals surface area contributed by atoms with Crippen LogP contribution in [0.25, 0.3) is 0 Å². The molecule has 1 aromatic carbocycles. The number of hydrogen-bond acceptors (Lipinski definition) is 5. The van der Waals surface area contributed by atoms with Crippen molar-refractivity contribution in [1.82, 2.24) is 15.1 Å². The molecule has 0 aliphatic carbocycles. The number of aliphatic hydroxyl groups is 1. The van der Waals surface area contributed by atoms with Gasteiger partial charge in [0.2, 0.25) is 0 Å². The van der Waals surface area contributed by atoms with Crippen molar-refractivity contribution >= 4 is 5.91 Å². The van der Waals surface area contributed by atoms with Crippen LogP contribution in [0.15, 0.2) is 30.3 Å². The SMILES string of the molecule is COC1(C(=O)N2CCN(CC(O)c3ccccc3)CC2)CCNCC1. The molecule has 0 radical (unpaired) electrons. The molecule has 3 rings (SSSR count). The molecule has 0 aromatic heterocycles. The zero-order valence-electron chi connectivity index (χ0n) is 15.0. The van der Waals surface area contributed by atoms with Crippen molar-refractivity contribution in [2.45, 2.75) is 24.5 Å². The van der Waals surface area contributed by atoms with Crippen molar-refractivity contribution in [2.75, 3.05) is 52.9 Å². The smallest absolute Gasteiger partial charge is 0.254 e. The normalized spacial score (nSPS) is 22.6. The second kappa shape index (κ2) is 8.27. The number of nitrogens with one attached hydrogen (secondary N) is 1. The summed E-state index contributed by atoms with van der Waals surface area (Å²) in [5.41, 5.74) is 0.283. The molecule has 6 nitrogen and oxygen atoms in total. The number of piperidine rings is 1. The van der Waals surface area contributed by atoms with Crippen LogP contribution in [0.1, 0.15) is 24.5 Å². The predicted molar refractivity (Wildman–Crippen MR) is 96.3 cm³/mol. The fourth-order valence-corrected chi connectivity index (χ4v) is 3.78. The van der Waals surface area contributed by atoms with Gasteiger partial charge in [0.05, 0.1) is 6.10 Å². The van der Waals surface area contributed by atoms with Crippen molar-refractivity contribution in [3.05, 3.63) is 35.9 Å². The quantitative estimate of drug-likeness (QED) is 0.818. The first-order valence-corrected chi connectivity index (χ1v) is 9.15. The maximum Gasteiger partial charge on any atom is 0.254 e. The lowest BCUT2D eigenvalue weighted by atomic mass is 9.90. The minimum Gasteiger partial charge on any atom is -0.387 e. The number of β-amino-alcohol motifs (C(OH)–C–C–N with tert-alkyl or cyclic N) is 1. The lowest BCUT2D eigenvalue weighted by Crippen LogP contribution is -2.59. The summed E-state index contributed by atoms with van der Waals surface area (Å²) < 4.78 is 5.66. The van der Waals surface area contributed by atoms with Crippen LogP contribution >= 0.6 is 0 Å². The van der Waals surface area contributed by atoms with Gasteiger partial charge in [-0.2, -0.15) is 0 Å². The van der Waals surface area contributed by atoms with Crippen LogP contribution < -0.4 is 5.32 Å². The summed E-state index contributed by atoms with van der Waals surface area (Å²) in [4.78, 5) is 17.1. The van der Waals surface area contributed by atoms with Gasteiger partial charge in [0, 0.05) is 39.8 Å². The average Bonchev–Trinajstić information content (AvgIpc) is 2.69. The zero-order valence-corrected chi connectivity index (χ0v) is 15.0. The lowest BCUT2D eigenvalue weighted by molar-refractivity contribution is -0.160. The summed E-state index contributed by atoms with van der Waals surface area (Å²) in [5.74, 6) is 0.125. The van der Waals surface area contributed by atoms with E-state index in [2.05, 4.69) is 10.2 Å². The summed E-state index contributed by atoms with van der Waals surface area (Å²) in [6.45, 7) is 5.20. The van der Waals surface area contributed by atoms with Crippen LogP contribution in [-0.4, -0.2) is 79.3 Å². The number of carbonyl (C=O) groups is 1. The van der Waals surface area contributed by atoms with E-state index < -0.39 is 11.7 Å². The number of aliphatic hydroxyl groups excluding tert-OH is 1. The number of piperazine rings is 1. The molecule has 1 amide bonds. The van der Waals surface area contributed by atoms with Gasteiger partial charge >= 0.3 is 0 Å². The summed E-state index contributed by atoms with van der Waals surface area (Å²) in [6, 6.07) is 9.73. The van der Waals surface area contributed by atoms with E-state index in [9.17, 15) is 9.90 Å². The Morgan fingerprint density at radius 3 is 2.44 bits per heavy atom. The van der Waals surface area contributed by atoms with Crippen molar-refractivity contribution in [3.63, 3.8) is 0 Å². The highest BCUT2D eigenvalue weighted by atomic mass is 16.5. The Morgan fingerprint density at radius 1 is 1.20 bits per heavy atom. The zero-order chi connectivity index (χ0) is 17.7. The van der Waals surface area contributed by atoms with Crippen molar-refractivity contribution < 1.29 is 14.6 Å². The molecule has 138 valence electrons. The van der Waals surface area contributed by atoms with Gasteiger partial charge in [0.15, 0.2) is 0 Å². The van der Waals surface area contributed by atoms with E-state index in [1.54, 1.807) is 7.11 Å². The van der Waals surface area contributed by atoms with Crippen molar-refractivity contribution in [2.24, 2.45) is 0 Å². The van der Waals surface area contributed by atoms with Gasteiger partial charge in [0.25, 0.3) is 5.91 Å². The third kappa shape index (κ3) is 4.20. The first-order chi connectivity index (χ1) is 12.1. The van der Waals surface area contributed by atoms with Gasteiger partial charge < -0.3 is 20.1 Å². The Kier molecular flexibility index (Phi) is 6.06. The van der Waals surface area contributed by atoms with Gasteiger partial charge in [-0.1, -0.05) is 30.3 Å². The van der Waals surface area contributed by atoms with E-state index in [1.165, 1.54) is 0 Å². The maximum absolute atomic E-state index is 13.0. The maximum atomic E-state index is 13.0. The number of ether oxygens (including phenoxy) is 1. The largest absolute Gasteiger partial charge is 0.387 e. The van der Waals surface area contributed by atoms with Crippen LogP contribution in [0, 0.1) is 0 Å². The van der Waals surface area contributed by atoms with E-state index in [4.69, 9.17) is 4.74 Å². The Morgan fingerprint density at radius 2 is 1.84 bits per heavy atom. The lowest BCUT2D eigenvalue weighted by Gasteiger charge is -2.42. The molecular weight excluding hydrogens is 318 g/mol. The molecule has 2 heterocycles. The van der Waals surface area contributed by atoms with E-state index in [-0.39, 0.29) is 5.91 Å². The molecule has 2 aliphatic rings. The fraction of sp³-hybridized carbons (Fsp3) is 0.632. The summed E-state index contributed by atoms with van der Waals surface area (Å²) in [5, 5.41) is 13.7. The number of methoxy groups -OCH3 is 1.